The van der Waals surface area contributed by atoms with Crippen LogP contribution in [-0.4, -0.2) is 23.3 Å². The third-order valence-corrected chi connectivity index (χ3v) is 5.33. The zero-order valence-corrected chi connectivity index (χ0v) is 13.4. The average molecular weight is 340 g/mol. The first-order chi connectivity index (χ1) is 9.20. The molecular weight excluding hydrogens is 322 g/mol. The number of hydrogen-bond donors (Lipinski definition) is 1. The zero-order chi connectivity index (χ0) is 13.7. The topological polar surface area (TPSA) is 48.7 Å². The molecule has 1 saturated carbocycles. The van der Waals surface area contributed by atoms with E-state index in [-0.39, 0.29) is 5.54 Å². The summed E-state index contributed by atoms with van der Waals surface area (Å²) in [4.78, 5) is 4.35. The van der Waals surface area contributed by atoms with E-state index in [1.807, 2.05) is 25.4 Å². The van der Waals surface area contributed by atoms with Gasteiger partial charge in [0.2, 0.25) is 0 Å². The summed E-state index contributed by atoms with van der Waals surface area (Å²) in [7, 11) is 1.91. The van der Waals surface area contributed by atoms with E-state index in [9.17, 15) is 5.26 Å². The Morgan fingerprint density at radius 3 is 3.11 bits per heavy atom. The van der Waals surface area contributed by atoms with Crippen molar-refractivity contribution in [3.63, 3.8) is 0 Å². The van der Waals surface area contributed by atoms with Gasteiger partial charge in [0.25, 0.3) is 0 Å². The van der Waals surface area contributed by atoms with Gasteiger partial charge < -0.3 is 5.32 Å². The summed E-state index contributed by atoms with van der Waals surface area (Å²) in [6.07, 6.45) is 6.18. The summed E-state index contributed by atoms with van der Waals surface area (Å²) in [6.45, 7) is 0. The van der Waals surface area contributed by atoms with Gasteiger partial charge in [-0.05, 0) is 66.0 Å². The number of nitriles is 1. The lowest BCUT2D eigenvalue weighted by molar-refractivity contribution is 0.332. The number of hydrogen-bond acceptors (Lipinski definition) is 4. The van der Waals surface area contributed by atoms with E-state index >= 15 is 0 Å². The molecule has 2 rings (SSSR count). The highest BCUT2D eigenvalue weighted by molar-refractivity contribution is 9.10. The Morgan fingerprint density at radius 1 is 1.63 bits per heavy atom. The molecular formula is C14H18BrN3S. The van der Waals surface area contributed by atoms with Crippen molar-refractivity contribution in [2.45, 2.75) is 36.2 Å². The van der Waals surface area contributed by atoms with Crippen LogP contribution >= 0.6 is 27.7 Å². The van der Waals surface area contributed by atoms with Crippen LogP contribution in [0.3, 0.4) is 0 Å². The Bertz CT molecular complexity index is 457. The first-order valence-electron chi connectivity index (χ1n) is 6.55. The minimum absolute atomic E-state index is 0.298. The van der Waals surface area contributed by atoms with Gasteiger partial charge in [-0.25, -0.2) is 4.98 Å². The first-order valence-corrected chi connectivity index (χ1v) is 8.32. The maximum absolute atomic E-state index is 9.40. The highest BCUT2D eigenvalue weighted by atomic mass is 79.9. The van der Waals surface area contributed by atoms with Crippen LogP contribution in [0.5, 0.6) is 0 Å². The SMILES string of the molecule is CNC1(C#N)CCCC1CCSc1ccc(Br)cn1. The van der Waals surface area contributed by atoms with Crippen molar-refractivity contribution in [2.75, 3.05) is 12.8 Å². The summed E-state index contributed by atoms with van der Waals surface area (Å²) in [5, 5.41) is 13.7. The molecule has 1 aromatic heterocycles. The molecule has 2 atom stereocenters. The van der Waals surface area contributed by atoms with Gasteiger partial charge in [-0.2, -0.15) is 5.26 Å². The van der Waals surface area contributed by atoms with Crippen molar-refractivity contribution < 1.29 is 0 Å². The number of pyridine rings is 1. The van der Waals surface area contributed by atoms with Crippen molar-refractivity contribution in [1.29, 1.82) is 5.26 Å². The monoisotopic (exact) mass is 339 g/mol. The Morgan fingerprint density at radius 2 is 2.47 bits per heavy atom. The first kappa shape index (κ1) is 14.8. The van der Waals surface area contributed by atoms with E-state index in [0.717, 1.165) is 40.9 Å². The van der Waals surface area contributed by atoms with Crippen molar-refractivity contribution >= 4 is 27.7 Å². The predicted molar refractivity (Wildman–Crippen MR) is 82.0 cm³/mol. The number of halogens is 1. The van der Waals surface area contributed by atoms with E-state index in [4.69, 9.17) is 0 Å². The molecule has 1 aliphatic rings. The smallest absolute Gasteiger partial charge is 0.109 e. The van der Waals surface area contributed by atoms with Crippen molar-refractivity contribution in [3.05, 3.63) is 22.8 Å². The van der Waals surface area contributed by atoms with Crippen molar-refractivity contribution in [2.24, 2.45) is 5.92 Å². The van der Waals surface area contributed by atoms with Crippen LogP contribution in [0.25, 0.3) is 0 Å². The standard InChI is InChI=1S/C14H18BrN3S/c1-17-14(10-16)7-2-3-11(14)6-8-19-13-5-4-12(15)9-18-13/h4-5,9,11,17H,2-3,6-8H2,1H3. The Balaban J connectivity index is 1.86. The molecule has 3 nitrogen and oxygen atoms in total. The van der Waals surface area contributed by atoms with E-state index in [2.05, 4.69) is 32.3 Å². The van der Waals surface area contributed by atoms with Crippen LogP contribution in [0.4, 0.5) is 0 Å². The Kier molecular flexibility index (Phi) is 5.26. The summed E-state index contributed by atoms with van der Waals surface area (Å²) in [5.41, 5.74) is -0.298. The minimum Gasteiger partial charge on any atom is -0.302 e. The van der Waals surface area contributed by atoms with E-state index < -0.39 is 0 Å². The maximum Gasteiger partial charge on any atom is 0.109 e. The van der Waals surface area contributed by atoms with Gasteiger partial charge in [-0.1, -0.05) is 6.42 Å². The molecule has 102 valence electrons. The molecule has 5 heteroatoms. The third-order valence-electron chi connectivity index (χ3n) is 3.88. The Labute approximate surface area is 127 Å². The summed E-state index contributed by atoms with van der Waals surface area (Å²) in [6, 6.07) is 6.53. The fourth-order valence-corrected chi connectivity index (χ4v) is 3.89. The molecule has 0 spiro atoms. The molecule has 19 heavy (non-hydrogen) atoms. The van der Waals surface area contributed by atoms with Crippen LogP contribution in [-0.2, 0) is 0 Å². The van der Waals surface area contributed by atoms with Crippen molar-refractivity contribution in [1.82, 2.24) is 10.3 Å². The van der Waals surface area contributed by atoms with Gasteiger partial charge in [0, 0.05) is 10.7 Å². The van der Waals surface area contributed by atoms with Crippen LogP contribution < -0.4 is 5.32 Å². The van der Waals surface area contributed by atoms with Gasteiger partial charge >= 0.3 is 0 Å². The molecule has 0 aromatic carbocycles. The molecule has 0 radical (unpaired) electrons. The molecule has 2 unspecified atom stereocenters. The molecule has 1 aromatic rings. The lowest BCUT2D eigenvalue weighted by Gasteiger charge is -2.28. The number of thioether (sulfide) groups is 1. The van der Waals surface area contributed by atoms with E-state index in [0.29, 0.717) is 5.92 Å². The van der Waals surface area contributed by atoms with Gasteiger partial charge in [0.05, 0.1) is 11.1 Å². The van der Waals surface area contributed by atoms with Crippen molar-refractivity contribution in [3.8, 4) is 6.07 Å². The highest BCUT2D eigenvalue weighted by Gasteiger charge is 2.41. The van der Waals surface area contributed by atoms with Gasteiger partial charge in [0.1, 0.15) is 5.54 Å². The molecule has 0 amide bonds. The fourth-order valence-electron chi connectivity index (χ4n) is 2.75. The lowest BCUT2D eigenvalue weighted by atomic mass is 9.87. The second-order valence-electron chi connectivity index (χ2n) is 4.87. The van der Waals surface area contributed by atoms with Gasteiger partial charge in [0.15, 0.2) is 0 Å². The van der Waals surface area contributed by atoms with Crippen LogP contribution in [0, 0.1) is 17.2 Å². The molecule has 1 fully saturated rings. The number of aromatic nitrogens is 1. The van der Waals surface area contributed by atoms with Crippen LogP contribution in [0.1, 0.15) is 25.7 Å². The molecule has 1 aliphatic carbocycles. The van der Waals surface area contributed by atoms with Crippen LogP contribution in [0.15, 0.2) is 27.8 Å². The summed E-state index contributed by atoms with van der Waals surface area (Å²) in [5.74, 6) is 1.48. The number of nitrogens with one attached hydrogen (secondary N) is 1. The minimum atomic E-state index is -0.298. The van der Waals surface area contributed by atoms with Gasteiger partial charge in [-0.3, -0.25) is 0 Å². The Hall–Kier alpha value is -0.570. The highest BCUT2D eigenvalue weighted by Crippen LogP contribution is 2.38. The van der Waals surface area contributed by atoms with E-state index in [1.54, 1.807) is 11.8 Å². The fraction of sp³-hybridized carbons (Fsp3) is 0.571. The number of nitrogens with zero attached hydrogens (tertiary/aromatic N) is 2. The van der Waals surface area contributed by atoms with Crippen LogP contribution in [0.2, 0.25) is 0 Å². The molecule has 0 bridgehead atoms. The second-order valence-corrected chi connectivity index (χ2v) is 6.90. The number of rotatable bonds is 5. The summed E-state index contributed by atoms with van der Waals surface area (Å²) < 4.78 is 1.01. The maximum atomic E-state index is 9.40. The average Bonchev–Trinajstić information content (AvgIpc) is 2.84. The van der Waals surface area contributed by atoms with Gasteiger partial charge in [-0.15, -0.1) is 11.8 Å². The lowest BCUT2D eigenvalue weighted by Crippen LogP contribution is -2.44. The zero-order valence-electron chi connectivity index (χ0n) is 11.0. The predicted octanol–water partition coefficient (Wildman–Crippen LogP) is 3.61. The second kappa shape index (κ2) is 6.74. The largest absolute Gasteiger partial charge is 0.302 e. The molecule has 0 aliphatic heterocycles. The quantitative estimate of drug-likeness (QED) is 0.832. The summed E-state index contributed by atoms with van der Waals surface area (Å²) >= 11 is 5.15. The molecule has 1 heterocycles. The van der Waals surface area contributed by atoms with E-state index in [1.165, 1.54) is 0 Å². The molecule has 0 saturated heterocycles. The third kappa shape index (κ3) is 3.50. The molecule has 1 N–H and O–H groups in total. The normalized spacial score (nSPS) is 26.3.